The lowest BCUT2D eigenvalue weighted by molar-refractivity contribution is 0.00578. The number of hydrogen-bond donors (Lipinski definition) is 1. The second-order valence-electron chi connectivity index (χ2n) is 9.39. The Balaban J connectivity index is 2.30. The Kier molecular flexibility index (Phi) is 6.75. The monoisotopic (exact) mass is 403 g/mol. The van der Waals surface area contributed by atoms with Crippen molar-refractivity contribution in [2.75, 3.05) is 13.7 Å². The molecule has 0 saturated carbocycles. The number of carbonyl (C=O) groups excluding carboxylic acids is 1. The van der Waals surface area contributed by atoms with Crippen molar-refractivity contribution in [3.8, 4) is 5.75 Å². The summed E-state index contributed by atoms with van der Waals surface area (Å²) in [5.41, 5.74) is 1.25. The molecular formula is C22H34BNO5. The van der Waals surface area contributed by atoms with Gasteiger partial charge in [0.25, 0.3) is 0 Å². The lowest BCUT2D eigenvalue weighted by atomic mass is 9.77. The van der Waals surface area contributed by atoms with Crippen LogP contribution in [0, 0.1) is 6.92 Å². The third-order valence-corrected chi connectivity index (χ3v) is 5.18. The second kappa shape index (κ2) is 8.40. The first-order valence-corrected chi connectivity index (χ1v) is 9.92. The van der Waals surface area contributed by atoms with E-state index in [1.165, 1.54) is 0 Å². The number of carbonyl (C=O) groups is 1. The maximum absolute atomic E-state index is 12.2. The van der Waals surface area contributed by atoms with E-state index in [1.54, 1.807) is 7.11 Å². The van der Waals surface area contributed by atoms with Crippen LogP contribution < -0.4 is 10.1 Å². The summed E-state index contributed by atoms with van der Waals surface area (Å²) < 4.78 is 23.2. The zero-order chi connectivity index (χ0) is 22.0. The number of rotatable bonds is 5. The summed E-state index contributed by atoms with van der Waals surface area (Å²) in [7, 11) is 1.07. The molecule has 0 aliphatic carbocycles. The molecule has 29 heavy (non-hydrogen) atoms. The summed E-state index contributed by atoms with van der Waals surface area (Å²) in [6.45, 7) is 15.7. The third-order valence-electron chi connectivity index (χ3n) is 5.18. The lowest BCUT2D eigenvalue weighted by Gasteiger charge is -2.32. The highest BCUT2D eigenvalue weighted by Crippen LogP contribution is 2.38. The number of amides is 1. The molecule has 6 nitrogen and oxygen atoms in total. The van der Waals surface area contributed by atoms with Gasteiger partial charge in [-0.1, -0.05) is 18.2 Å². The summed E-state index contributed by atoms with van der Waals surface area (Å²) in [6, 6.07) is 5.94. The number of hydrogen-bond acceptors (Lipinski definition) is 5. The van der Waals surface area contributed by atoms with Crippen LogP contribution >= 0.6 is 0 Å². The largest absolute Gasteiger partial charge is 0.496 e. The first-order valence-electron chi connectivity index (χ1n) is 9.92. The smallest absolute Gasteiger partial charge is 0.492 e. The molecule has 7 heteroatoms. The van der Waals surface area contributed by atoms with Gasteiger partial charge in [0.2, 0.25) is 0 Å². The molecule has 1 aromatic rings. The fraction of sp³-hybridized carbons (Fsp3) is 0.591. The number of methoxy groups -OCH3 is 1. The Morgan fingerprint density at radius 3 is 2.28 bits per heavy atom. The van der Waals surface area contributed by atoms with Crippen LogP contribution in [-0.4, -0.2) is 43.7 Å². The minimum absolute atomic E-state index is 0.238. The molecule has 0 spiro atoms. The highest BCUT2D eigenvalue weighted by molar-refractivity contribution is 6.56. The Morgan fingerprint density at radius 1 is 1.17 bits per heavy atom. The topological polar surface area (TPSA) is 66.0 Å². The molecule has 0 aromatic heterocycles. The number of ether oxygens (including phenoxy) is 2. The average Bonchev–Trinajstić information content (AvgIpc) is 2.79. The standard InChI is InChI=1S/C22H34BNO5/c1-15-10-11-16(13-18(15)26-9)12-17(14-24-19(25)27-20(2,3)4)23-28-21(5,6)22(7,8)29-23/h10-13H,14H2,1-9H3,(H,24,25). The Labute approximate surface area is 175 Å². The number of alkyl carbamates (subject to hydrolysis) is 1. The van der Waals surface area contributed by atoms with E-state index in [0.717, 1.165) is 22.3 Å². The van der Waals surface area contributed by atoms with Crippen molar-refractivity contribution in [1.82, 2.24) is 5.32 Å². The van der Waals surface area contributed by atoms with E-state index in [9.17, 15) is 4.79 Å². The molecule has 1 fully saturated rings. The van der Waals surface area contributed by atoms with Gasteiger partial charge in [-0.3, -0.25) is 0 Å². The maximum Gasteiger partial charge on any atom is 0.492 e. The fourth-order valence-corrected chi connectivity index (χ4v) is 2.83. The average molecular weight is 403 g/mol. The van der Waals surface area contributed by atoms with Crippen molar-refractivity contribution in [1.29, 1.82) is 0 Å². The molecule has 1 aromatic carbocycles. The number of benzene rings is 1. The predicted octanol–water partition coefficient (Wildman–Crippen LogP) is 4.54. The van der Waals surface area contributed by atoms with Gasteiger partial charge in [-0.15, -0.1) is 0 Å². The first kappa shape index (κ1) is 23.3. The van der Waals surface area contributed by atoms with Gasteiger partial charge in [0.15, 0.2) is 0 Å². The highest BCUT2D eigenvalue weighted by atomic mass is 16.7. The van der Waals surface area contributed by atoms with E-state index in [1.807, 2.05) is 79.7 Å². The van der Waals surface area contributed by atoms with Crippen LogP contribution in [-0.2, 0) is 14.0 Å². The maximum atomic E-state index is 12.2. The summed E-state index contributed by atoms with van der Waals surface area (Å²) in [6.07, 6.45) is 1.47. The van der Waals surface area contributed by atoms with Crippen LogP contribution in [0.4, 0.5) is 4.79 Å². The molecule has 0 atom stereocenters. The van der Waals surface area contributed by atoms with Crippen LogP contribution in [0.2, 0.25) is 0 Å². The van der Waals surface area contributed by atoms with Crippen LogP contribution in [0.3, 0.4) is 0 Å². The van der Waals surface area contributed by atoms with Gasteiger partial charge in [0.1, 0.15) is 11.4 Å². The molecule has 0 unspecified atom stereocenters. The molecule has 1 saturated heterocycles. The van der Waals surface area contributed by atoms with Crippen molar-refractivity contribution in [3.63, 3.8) is 0 Å². The SMILES string of the molecule is COc1cc(C=C(CNC(=O)OC(C)(C)C)B2OC(C)(C)C(C)(C)O2)ccc1C. The third kappa shape index (κ3) is 6.00. The summed E-state index contributed by atoms with van der Waals surface area (Å²) in [5.74, 6) is 0.798. The minimum atomic E-state index is -0.581. The van der Waals surface area contributed by atoms with Gasteiger partial charge in [-0.2, -0.15) is 0 Å². The van der Waals surface area contributed by atoms with E-state index in [-0.39, 0.29) is 6.54 Å². The molecule has 0 radical (unpaired) electrons. The minimum Gasteiger partial charge on any atom is -0.496 e. The van der Waals surface area contributed by atoms with E-state index >= 15 is 0 Å². The molecule has 1 aliphatic rings. The highest BCUT2D eigenvalue weighted by Gasteiger charge is 2.52. The lowest BCUT2D eigenvalue weighted by Crippen LogP contribution is -2.41. The predicted molar refractivity (Wildman–Crippen MR) is 116 cm³/mol. The van der Waals surface area contributed by atoms with Crippen LogP contribution in [0.5, 0.6) is 5.75 Å². The Hall–Kier alpha value is -1.99. The van der Waals surface area contributed by atoms with E-state index < -0.39 is 30.0 Å². The van der Waals surface area contributed by atoms with Gasteiger partial charge < -0.3 is 24.1 Å². The quantitative estimate of drug-likeness (QED) is 0.731. The van der Waals surface area contributed by atoms with Crippen molar-refractivity contribution in [2.45, 2.75) is 72.2 Å². The summed E-state index contributed by atoms with van der Waals surface area (Å²) >= 11 is 0. The van der Waals surface area contributed by atoms with Crippen molar-refractivity contribution >= 4 is 19.3 Å². The van der Waals surface area contributed by atoms with E-state index in [0.29, 0.717) is 0 Å². The van der Waals surface area contributed by atoms with Crippen LogP contribution in [0.25, 0.3) is 6.08 Å². The molecular weight excluding hydrogens is 369 g/mol. The molecule has 1 N–H and O–H groups in total. The summed E-state index contributed by atoms with van der Waals surface area (Å²) in [4.78, 5) is 12.2. The molecule has 160 valence electrons. The van der Waals surface area contributed by atoms with Gasteiger partial charge in [-0.05, 0) is 78.1 Å². The fourth-order valence-electron chi connectivity index (χ4n) is 2.83. The van der Waals surface area contributed by atoms with Gasteiger partial charge >= 0.3 is 13.2 Å². The van der Waals surface area contributed by atoms with E-state index in [2.05, 4.69) is 5.32 Å². The Bertz CT molecular complexity index is 764. The molecule has 1 amide bonds. The zero-order valence-electron chi connectivity index (χ0n) is 19.1. The van der Waals surface area contributed by atoms with Crippen LogP contribution in [0.1, 0.15) is 59.6 Å². The van der Waals surface area contributed by atoms with E-state index in [4.69, 9.17) is 18.8 Å². The van der Waals surface area contributed by atoms with Gasteiger partial charge in [-0.25, -0.2) is 4.79 Å². The molecule has 0 bridgehead atoms. The van der Waals surface area contributed by atoms with Crippen molar-refractivity contribution in [3.05, 3.63) is 34.8 Å². The normalized spacial score (nSPS) is 18.5. The summed E-state index contributed by atoms with van der Waals surface area (Å²) in [5, 5.41) is 2.81. The first-order chi connectivity index (χ1) is 13.2. The zero-order valence-corrected chi connectivity index (χ0v) is 19.1. The number of aryl methyl sites for hydroxylation is 1. The molecule has 1 heterocycles. The van der Waals surface area contributed by atoms with Gasteiger partial charge in [0, 0.05) is 6.54 Å². The number of nitrogens with one attached hydrogen (secondary N) is 1. The van der Waals surface area contributed by atoms with Crippen LogP contribution in [0.15, 0.2) is 23.7 Å². The van der Waals surface area contributed by atoms with Crippen molar-refractivity contribution in [2.24, 2.45) is 0 Å². The van der Waals surface area contributed by atoms with Crippen molar-refractivity contribution < 1.29 is 23.6 Å². The second-order valence-corrected chi connectivity index (χ2v) is 9.39. The molecule has 2 rings (SSSR count). The molecule has 1 aliphatic heterocycles. The Morgan fingerprint density at radius 2 is 1.76 bits per heavy atom. The van der Waals surface area contributed by atoms with Gasteiger partial charge in [0.05, 0.1) is 18.3 Å².